The van der Waals surface area contributed by atoms with E-state index in [1.807, 2.05) is 35.7 Å². The molecule has 1 N–H and O–H groups in total. The molecule has 96 valence electrons. The molecule has 3 rings (SSSR count). The zero-order valence-corrected chi connectivity index (χ0v) is 13.7. The molecule has 1 unspecified atom stereocenters. The summed E-state index contributed by atoms with van der Waals surface area (Å²) in [5.41, 5.74) is 1.65. The maximum Gasteiger partial charge on any atom is 0.116 e. The lowest BCUT2D eigenvalue weighted by molar-refractivity contribution is 0.225. The van der Waals surface area contributed by atoms with E-state index in [1.165, 1.54) is 11.3 Å². The second kappa shape index (κ2) is 5.32. The van der Waals surface area contributed by atoms with Crippen molar-refractivity contribution in [3.05, 3.63) is 61.3 Å². The molecule has 1 atom stereocenters. The molecule has 2 nitrogen and oxygen atoms in total. The Morgan fingerprint density at radius 3 is 2.68 bits per heavy atom. The van der Waals surface area contributed by atoms with Crippen LogP contribution >= 0.6 is 43.2 Å². The van der Waals surface area contributed by atoms with Crippen LogP contribution in [0.3, 0.4) is 0 Å². The van der Waals surface area contributed by atoms with Crippen LogP contribution < -0.4 is 0 Å². The summed E-state index contributed by atoms with van der Waals surface area (Å²) in [4.78, 5) is 5.30. The maximum absolute atomic E-state index is 10.6. The fraction of sp³-hybridized carbons (Fsp3) is 0.0714. The zero-order chi connectivity index (χ0) is 13.4. The summed E-state index contributed by atoms with van der Waals surface area (Å²) >= 11 is 8.51. The first-order valence-corrected chi connectivity index (χ1v) is 8.09. The van der Waals surface area contributed by atoms with Gasteiger partial charge in [0.25, 0.3) is 0 Å². The fourth-order valence-electron chi connectivity index (χ4n) is 2.02. The van der Waals surface area contributed by atoms with Crippen molar-refractivity contribution in [2.75, 3.05) is 0 Å². The third-order valence-corrected chi connectivity index (χ3v) is 5.55. The van der Waals surface area contributed by atoms with Gasteiger partial charge in [0.05, 0.1) is 10.4 Å². The quantitative estimate of drug-likeness (QED) is 0.665. The Hall–Kier alpha value is -0.750. The molecular formula is C14H9Br2NOS. The molecule has 19 heavy (non-hydrogen) atoms. The standard InChI is InChI=1S/C14H9Br2NOS/c15-10-4-3-9(12-8(10)2-1-6-17-12)13(18)14-11(16)5-7-19-14/h1-7,13,18H. The molecule has 3 aromatic rings. The molecule has 0 fully saturated rings. The monoisotopic (exact) mass is 397 g/mol. The van der Waals surface area contributed by atoms with Gasteiger partial charge < -0.3 is 5.11 Å². The molecule has 0 aliphatic rings. The van der Waals surface area contributed by atoms with Crippen LogP contribution in [0.1, 0.15) is 16.5 Å². The molecule has 1 aromatic carbocycles. The predicted octanol–water partition coefficient (Wildman–Crippen LogP) is 4.90. The van der Waals surface area contributed by atoms with Gasteiger partial charge >= 0.3 is 0 Å². The lowest BCUT2D eigenvalue weighted by Gasteiger charge is -2.13. The molecule has 0 radical (unpaired) electrons. The van der Waals surface area contributed by atoms with Crippen LogP contribution in [-0.4, -0.2) is 10.1 Å². The summed E-state index contributed by atoms with van der Waals surface area (Å²) in [6.07, 6.45) is 1.08. The number of aromatic nitrogens is 1. The third kappa shape index (κ3) is 2.36. The van der Waals surface area contributed by atoms with Crippen molar-refractivity contribution < 1.29 is 5.11 Å². The van der Waals surface area contributed by atoms with Crippen LogP contribution in [-0.2, 0) is 0 Å². The van der Waals surface area contributed by atoms with Crippen molar-refractivity contribution >= 4 is 54.1 Å². The summed E-state index contributed by atoms with van der Waals surface area (Å²) < 4.78 is 1.91. The number of halogens is 2. The van der Waals surface area contributed by atoms with Crippen molar-refractivity contribution in [3.63, 3.8) is 0 Å². The van der Waals surface area contributed by atoms with Crippen LogP contribution in [0, 0.1) is 0 Å². The van der Waals surface area contributed by atoms with Gasteiger partial charge in [0.15, 0.2) is 0 Å². The number of nitrogens with zero attached hydrogens (tertiary/aromatic N) is 1. The van der Waals surface area contributed by atoms with Gasteiger partial charge in [0.2, 0.25) is 0 Å². The molecular weight excluding hydrogens is 390 g/mol. The van der Waals surface area contributed by atoms with Gasteiger partial charge in [-0.15, -0.1) is 11.3 Å². The first-order valence-electron chi connectivity index (χ1n) is 5.62. The molecule has 0 saturated carbocycles. The smallest absolute Gasteiger partial charge is 0.116 e. The lowest BCUT2D eigenvalue weighted by atomic mass is 10.0. The second-order valence-electron chi connectivity index (χ2n) is 4.07. The predicted molar refractivity (Wildman–Crippen MR) is 85.5 cm³/mol. The van der Waals surface area contributed by atoms with Gasteiger partial charge in [0.1, 0.15) is 6.10 Å². The summed E-state index contributed by atoms with van der Waals surface area (Å²) in [7, 11) is 0. The number of rotatable bonds is 2. The highest BCUT2D eigenvalue weighted by molar-refractivity contribution is 9.11. The van der Waals surface area contributed by atoms with E-state index in [0.29, 0.717) is 0 Å². The second-order valence-corrected chi connectivity index (χ2v) is 6.73. The van der Waals surface area contributed by atoms with E-state index < -0.39 is 6.10 Å². The van der Waals surface area contributed by atoms with Crippen molar-refractivity contribution in [2.45, 2.75) is 6.10 Å². The minimum atomic E-state index is -0.667. The first-order chi connectivity index (χ1) is 9.18. The minimum absolute atomic E-state index is 0.667. The number of pyridine rings is 1. The maximum atomic E-state index is 10.6. The highest BCUT2D eigenvalue weighted by atomic mass is 79.9. The Morgan fingerprint density at radius 1 is 1.11 bits per heavy atom. The number of hydrogen-bond acceptors (Lipinski definition) is 3. The van der Waals surface area contributed by atoms with Crippen molar-refractivity contribution in [3.8, 4) is 0 Å². The Bertz CT molecular complexity index is 741. The fourth-order valence-corrected chi connectivity index (χ4v) is 4.07. The number of aliphatic hydroxyl groups is 1. The van der Waals surface area contributed by atoms with Gasteiger partial charge in [-0.25, -0.2) is 0 Å². The third-order valence-electron chi connectivity index (χ3n) is 2.94. The minimum Gasteiger partial charge on any atom is -0.383 e. The molecule has 0 amide bonds. The van der Waals surface area contributed by atoms with Crippen LogP contribution in [0.5, 0.6) is 0 Å². The molecule has 2 heterocycles. The number of thiophene rings is 1. The topological polar surface area (TPSA) is 33.1 Å². The number of benzene rings is 1. The van der Waals surface area contributed by atoms with Crippen molar-refractivity contribution in [1.82, 2.24) is 4.98 Å². The average Bonchev–Trinajstić information content (AvgIpc) is 2.85. The Morgan fingerprint density at radius 2 is 1.95 bits per heavy atom. The molecule has 5 heteroatoms. The number of aliphatic hydroxyl groups excluding tert-OH is 1. The first kappa shape index (κ1) is 13.2. The molecule has 2 aromatic heterocycles. The van der Waals surface area contributed by atoms with E-state index in [0.717, 1.165) is 30.3 Å². The van der Waals surface area contributed by atoms with Crippen molar-refractivity contribution in [2.24, 2.45) is 0 Å². The highest BCUT2D eigenvalue weighted by Gasteiger charge is 2.18. The van der Waals surface area contributed by atoms with E-state index in [1.54, 1.807) is 6.20 Å². The van der Waals surface area contributed by atoms with E-state index in [-0.39, 0.29) is 0 Å². The molecule has 0 aliphatic carbocycles. The largest absolute Gasteiger partial charge is 0.383 e. The van der Waals surface area contributed by atoms with E-state index in [9.17, 15) is 5.11 Å². The van der Waals surface area contributed by atoms with Crippen LogP contribution in [0.2, 0.25) is 0 Å². The van der Waals surface area contributed by atoms with Gasteiger partial charge in [-0.3, -0.25) is 4.98 Å². The van der Waals surface area contributed by atoms with E-state index in [2.05, 4.69) is 36.8 Å². The summed E-state index contributed by atoms with van der Waals surface area (Å²) in [5, 5.41) is 13.5. The molecule has 0 saturated heterocycles. The Kier molecular flexibility index (Phi) is 3.71. The van der Waals surface area contributed by atoms with Gasteiger partial charge in [-0.05, 0) is 39.5 Å². The van der Waals surface area contributed by atoms with Crippen LogP contribution in [0.4, 0.5) is 0 Å². The number of fused-ring (bicyclic) bond motifs is 1. The van der Waals surface area contributed by atoms with Gasteiger partial charge in [0, 0.05) is 26.1 Å². The zero-order valence-electron chi connectivity index (χ0n) is 9.68. The van der Waals surface area contributed by atoms with Gasteiger partial charge in [-0.2, -0.15) is 0 Å². The Balaban J connectivity index is 2.21. The van der Waals surface area contributed by atoms with E-state index in [4.69, 9.17) is 0 Å². The van der Waals surface area contributed by atoms with E-state index >= 15 is 0 Å². The molecule has 0 aliphatic heterocycles. The van der Waals surface area contributed by atoms with Crippen molar-refractivity contribution in [1.29, 1.82) is 0 Å². The summed E-state index contributed by atoms with van der Waals surface area (Å²) in [6, 6.07) is 9.69. The normalized spacial score (nSPS) is 12.8. The lowest BCUT2D eigenvalue weighted by Crippen LogP contribution is -2.00. The molecule has 0 bridgehead atoms. The van der Waals surface area contributed by atoms with Crippen LogP contribution in [0.25, 0.3) is 10.9 Å². The summed E-state index contributed by atoms with van der Waals surface area (Å²) in [5.74, 6) is 0. The average molecular weight is 399 g/mol. The Labute approximate surface area is 131 Å². The van der Waals surface area contributed by atoms with Crippen LogP contribution in [0.15, 0.2) is 50.9 Å². The highest BCUT2D eigenvalue weighted by Crippen LogP contribution is 2.36. The molecule has 0 spiro atoms. The van der Waals surface area contributed by atoms with Gasteiger partial charge in [-0.1, -0.05) is 28.1 Å². The summed E-state index contributed by atoms with van der Waals surface area (Å²) in [6.45, 7) is 0. The number of hydrogen-bond donors (Lipinski definition) is 1. The SMILES string of the molecule is OC(c1sccc1Br)c1ccc(Br)c2cccnc12.